The maximum absolute atomic E-state index is 2.46. The molecule has 0 unspecified atom stereocenters. The van der Waals surface area contributed by atoms with Gasteiger partial charge in [-0.15, -0.1) is 0 Å². The molecule has 0 fully saturated rings. The highest BCUT2D eigenvalue weighted by Crippen LogP contribution is 2.49. The van der Waals surface area contributed by atoms with Crippen LogP contribution in [0.4, 0.5) is 17.1 Å². The second kappa shape index (κ2) is 12.6. The zero-order valence-electron chi connectivity index (χ0n) is 32.1. The van der Waals surface area contributed by atoms with Crippen LogP contribution < -0.4 is 4.90 Å². The third kappa shape index (κ3) is 5.45. The molecule has 0 bridgehead atoms. The molecule has 0 heterocycles. The van der Waals surface area contributed by atoms with Crippen molar-refractivity contribution in [3.8, 4) is 22.3 Å². The normalized spacial score (nSPS) is 12.1. The van der Waals surface area contributed by atoms with Gasteiger partial charge in [-0.3, -0.25) is 0 Å². The standard InChI is InChI=1S/C54H43N/c1-34-20-26-42(27-21-34)55(43-28-22-35(2)23-29-43)53-47-17-8-6-15-44(47)51(45-16-7-9-18-48(45)53)40-30-39(31-41(32-40)54(3,4)5)49-33-38-14-10-12-36-24-25-37-13-11-19-46(49)52(37)50(36)38/h6-33H,1-5H3. The third-order valence-electron chi connectivity index (χ3n) is 11.6. The maximum Gasteiger partial charge on any atom is 0.0618 e. The first kappa shape index (κ1) is 33.2. The van der Waals surface area contributed by atoms with Crippen LogP contribution in [0.25, 0.3) is 76.1 Å². The molecule has 55 heavy (non-hydrogen) atoms. The van der Waals surface area contributed by atoms with Crippen LogP contribution in [-0.4, -0.2) is 0 Å². The fraction of sp³-hybridized carbons (Fsp3) is 0.111. The molecule has 0 saturated heterocycles. The molecule has 0 aliphatic heterocycles. The number of nitrogens with zero attached hydrogens (tertiary/aromatic N) is 1. The minimum atomic E-state index is -0.0663. The Bertz CT molecular complexity index is 2970. The largest absolute Gasteiger partial charge is 0.309 e. The molecule has 10 rings (SSSR count). The lowest BCUT2D eigenvalue weighted by Crippen LogP contribution is -2.12. The number of aryl methyl sites for hydroxylation is 2. The number of hydrogen-bond donors (Lipinski definition) is 0. The maximum atomic E-state index is 2.46. The van der Waals surface area contributed by atoms with E-state index in [1.807, 2.05) is 0 Å². The van der Waals surface area contributed by atoms with Crippen molar-refractivity contribution in [2.45, 2.75) is 40.0 Å². The van der Waals surface area contributed by atoms with E-state index in [0.29, 0.717) is 0 Å². The first-order valence-electron chi connectivity index (χ1n) is 19.4. The van der Waals surface area contributed by atoms with Gasteiger partial charge in [0.05, 0.1) is 5.69 Å². The van der Waals surface area contributed by atoms with E-state index in [0.717, 1.165) is 11.4 Å². The van der Waals surface area contributed by atoms with Crippen LogP contribution in [0.15, 0.2) is 170 Å². The minimum absolute atomic E-state index is 0.0663. The average Bonchev–Trinajstić information content (AvgIpc) is 3.20. The molecule has 0 aliphatic carbocycles. The quantitative estimate of drug-likeness (QED) is 0.127. The third-order valence-corrected chi connectivity index (χ3v) is 11.6. The van der Waals surface area contributed by atoms with E-state index < -0.39 is 0 Å². The molecule has 10 aromatic rings. The van der Waals surface area contributed by atoms with Crippen molar-refractivity contribution in [3.63, 3.8) is 0 Å². The van der Waals surface area contributed by atoms with Crippen LogP contribution >= 0.6 is 0 Å². The summed E-state index contributed by atoms with van der Waals surface area (Å²) in [5.41, 5.74) is 12.3. The predicted octanol–water partition coefficient (Wildman–Crippen LogP) is 15.6. The number of anilines is 3. The predicted molar refractivity (Wildman–Crippen MR) is 239 cm³/mol. The van der Waals surface area contributed by atoms with Gasteiger partial charge >= 0.3 is 0 Å². The second-order valence-corrected chi connectivity index (χ2v) is 16.3. The molecule has 0 radical (unpaired) electrons. The van der Waals surface area contributed by atoms with Crippen LogP contribution in [0, 0.1) is 13.8 Å². The number of benzene rings is 10. The highest BCUT2D eigenvalue weighted by molar-refractivity contribution is 6.27. The molecule has 1 heteroatoms. The van der Waals surface area contributed by atoms with E-state index in [1.165, 1.54) is 98.5 Å². The molecular weight excluding hydrogens is 663 g/mol. The number of fused-ring (bicyclic) bond motifs is 2. The van der Waals surface area contributed by atoms with Gasteiger partial charge in [0.25, 0.3) is 0 Å². The van der Waals surface area contributed by atoms with Crippen LogP contribution in [0.2, 0.25) is 0 Å². The van der Waals surface area contributed by atoms with Gasteiger partial charge in [-0.1, -0.05) is 165 Å². The van der Waals surface area contributed by atoms with Gasteiger partial charge in [0.1, 0.15) is 0 Å². The molecule has 0 aliphatic rings. The van der Waals surface area contributed by atoms with Gasteiger partial charge in [0, 0.05) is 22.1 Å². The molecular formula is C54H43N. The Labute approximate surface area is 323 Å². The SMILES string of the molecule is Cc1ccc(N(c2ccc(C)cc2)c2c3ccccc3c(-c3cc(-c4cc5cccc6ccc7cccc4c7c65)cc(C(C)(C)C)c3)c3ccccc23)cc1. The lowest BCUT2D eigenvalue weighted by molar-refractivity contribution is 0.591. The molecule has 0 N–H and O–H groups in total. The van der Waals surface area contributed by atoms with Crippen molar-refractivity contribution in [1.82, 2.24) is 0 Å². The summed E-state index contributed by atoms with van der Waals surface area (Å²) in [7, 11) is 0. The minimum Gasteiger partial charge on any atom is -0.309 e. The fourth-order valence-electron chi connectivity index (χ4n) is 8.81. The summed E-state index contributed by atoms with van der Waals surface area (Å²) in [6.07, 6.45) is 0. The molecule has 264 valence electrons. The Kier molecular flexibility index (Phi) is 7.58. The molecule has 1 nitrogen and oxygen atoms in total. The first-order chi connectivity index (χ1) is 26.7. The van der Waals surface area contributed by atoms with Crippen LogP contribution in [0.1, 0.15) is 37.5 Å². The van der Waals surface area contributed by atoms with Crippen molar-refractivity contribution < 1.29 is 0 Å². The van der Waals surface area contributed by atoms with Crippen molar-refractivity contribution in [2.75, 3.05) is 4.90 Å². The van der Waals surface area contributed by atoms with E-state index in [4.69, 9.17) is 0 Å². The molecule has 0 atom stereocenters. The lowest BCUT2D eigenvalue weighted by Gasteiger charge is -2.30. The van der Waals surface area contributed by atoms with Gasteiger partial charge in [0.2, 0.25) is 0 Å². The lowest BCUT2D eigenvalue weighted by atomic mass is 9.80. The summed E-state index contributed by atoms with van der Waals surface area (Å²) in [6.45, 7) is 11.3. The Morgan fingerprint density at radius 1 is 0.400 bits per heavy atom. The summed E-state index contributed by atoms with van der Waals surface area (Å²) < 4.78 is 0. The fourth-order valence-corrected chi connectivity index (χ4v) is 8.81. The summed E-state index contributed by atoms with van der Waals surface area (Å²) in [5, 5.41) is 12.8. The molecule has 0 amide bonds. The zero-order chi connectivity index (χ0) is 37.4. The van der Waals surface area contributed by atoms with Gasteiger partial charge in [-0.05, 0) is 127 Å². The van der Waals surface area contributed by atoms with Gasteiger partial charge in [-0.2, -0.15) is 0 Å². The van der Waals surface area contributed by atoms with Gasteiger partial charge in [0.15, 0.2) is 0 Å². The average molecular weight is 706 g/mol. The molecule has 0 saturated carbocycles. The molecule has 10 aromatic carbocycles. The first-order valence-corrected chi connectivity index (χ1v) is 19.4. The summed E-state index contributed by atoms with van der Waals surface area (Å²) in [6, 6.07) is 63.7. The molecule has 0 spiro atoms. The van der Waals surface area contributed by atoms with E-state index in [9.17, 15) is 0 Å². The topological polar surface area (TPSA) is 3.24 Å². The smallest absolute Gasteiger partial charge is 0.0618 e. The number of hydrogen-bond acceptors (Lipinski definition) is 1. The second-order valence-electron chi connectivity index (χ2n) is 16.3. The highest BCUT2D eigenvalue weighted by Gasteiger charge is 2.24. The van der Waals surface area contributed by atoms with Crippen molar-refractivity contribution >= 4 is 70.9 Å². The summed E-state index contributed by atoms with van der Waals surface area (Å²) in [4.78, 5) is 2.45. The zero-order valence-corrected chi connectivity index (χ0v) is 32.1. The molecule has 0 aromatic heterocycles. The van der Waals surface area contributed by atoms with Crippen molar-refractivity contribution in [2.24, 2.45) is 0 Å². The van der Waals surface area contributed by atoms with Gasteiger partial charge < -0.3 is 4.90 Å². The Hall–Kier alpha value is -6.44. The highest BCUT2D eigenvalue weighted by atomic mass is 15.1. The van der Waals surface area contributed by atoms with Gasteiger partial charge in [-0.25, -0.2) is 0 Å². The van der Waals surface area contributed by atoms with Crippen molar-refractivity contribution in [3.05, 3.63) is 187 Å². The van der Waals surface area contributed by atoms with E-state index >= 15 is 0 Å². The Balaban J connectivity index is 1.30. The van der Waals surface area contributed by atoms with E-state index in [2.05, 4.69) is 209 Å². The van der Waals surface area contributed by atoms with Crippen molar-refractivity contribution in [1.29, 1.82) is 0 Å². The summed E-state index contributed by atoms with van der Waals surface area (Å²) >= 11 is 0. The van der Waals surface area contributed by atoms with E-state index in [1.54, 1.807) is 0 Å². The monoisotopic (exact) mass is 705 g/mol. The van der Waals surface area contributed by atoms with E-state index in [-0.39, 0.29) is 5.41 Å². The Morgan fingerprint density at radius 2 is 0.891 bits per heavy atom. The van der Waals surface area contributed by atoms with Crippen LogP contribution in [-0.2, 0) is 5.41 Å². The van der Waals surface area contributed by atoms with Crippen LogP contribution in [0.3, 0.4) is 0 Å². The van der Waals surface area contributed by atoms with Crippen LogP contribution in [0.5, 0.6) is 0 Å². The number of rotatable bonds is 5. The Morgan fingerprint density at radius 3 is 1.47 bits per heavy atom. The summed E-state index contributed by atoms with van der Waals surface area (Å²) in [5.74, 6) is 0.